The Balaban J connectivity index is 5.27. The van der Waals surface area contributed by atoms with E-state index in [1.807, 2.05) is 0 Å². The Hall–Kier alpha value is -1.94. The standard InChI is InChI=1S/C73H142O17P2/c1-9-66(8)52-44-36-28-19-14-15-21-31-39-47-55-72(77)89-68(59-83-70(75)53-45-37-29-20-13-11-10-12-17-25-33-41-49-63(2)3)61-87-91(79,80)85-57-67(74)58-86-92(81,82)88-62-69(60-84-71(76)54-46-38-30-24-23-27-35-43-51-65(6)7)90-73(78)56-48-40-32-22-16-18-26-34-42-50-64(4)5/h63-69,74H,9-62H2,1-8H3,(H,79,80)(H,81,82)/t66?,67?,68-,69-/m1/s1. The molecule has 0 saturated heterocycles. The molecule has 0 fully saturated rings. The van der Waals surface area contributed by atoms with E-state index >= 15 is 0 Å². The summed E-state index contributed by atoms with van der Waals surface area (Å²) >= 11 is 0. The van der Waals surface area contributed by atoms with Gasteiger partial charge in [0.15, 0.2) is 12.2 Å². The third-order valence-electron chi connectivity index (χ3n) is 17.2. The van der Waals surface area contributed by atoms with E-state index in [1.54, 1.807) is 0 Å². The van der Waals surface area contributed by atoms with Crippen molar-refractivity contribution in [1.82, 2.24) is 0 Å². The second-order valence-electron chi connectivity index (χ2n) is 28.0. The van der Waals surface area contributed by atoms with Crippen molar-refractivity contribution >= 4 is 39.5 Å². The average molecular weight is 1350 g/mol. The maximum absolute atomic E-state index is 13.1. The highest BCUT2D eigenvalue weighted by Gasteiger charge is 2.30. The monoisotopic (exact) mass is 1350 g/mol. The Bertz CT molecular complexity index is 1820. The average Bonchev–Trinajstić information content (AvgIpc) is 3.69. The number of phosphoric acid groups is 2. The van der Waals surface area contributed by atoms with Crippen molar-refractivity contribution in [2.24, 2.45) is 23.7 Å². The van der Waals surface area contributed by atoms with Crippen LogP contribution in [0.15, 0.2) is 0 Å². The van der Waals surface area contributed by atoms with Crippen LogP contribution in [0.5, 0.6) is 0 Å². The molecule has 4 unspecified atom stereocenters. The molecule has 0 rings (SSSR count). The van der Waals surface area contributed by atoms with Crippen molar-refractivity contribution in [1.29, 1.82) is 0 Å². The molecule has 0 aromatic heterocycles. The van der Waals surface area contributed by atoms with Gasteiger partial charge in [0, 0.05) is 25.7 Å². The Kier molecular flexibility index (Phi) is 61.3. The number of carbonyl (C=O) groups is 4. The van der Waals surface area contributed by atoms with Crippen molar-refractivity contribution in [2.75, 3.05) is 39.6 Å². The molecule has 19 heteroatoms. The third kappa shape index (κ3) is 65.4. The minimum atomic E-state index is -4.96. The fourth-order valence-corrected chi connectivity index (χ4v) is 12.6. The second-order valence-corrected chi connectivity index (χ2v) is 30.9. The number of carbonyl (C=O) groups excluding carboxylic acids is 4. The minimum absolute atomic E-state index is 0.104. The number of rotatable bonds is 70. The van der Waals surface area contributed by atoms with Crippen molar-refractivity contribution in [3.05, 3.63) is 0 Å². The van der Waals surface area contributed by atoms with Crippen molar-refractivity contribution in [3.8, 4) is 0 Å². The van der Waals surface area contributed by atoms with Crippen LogP contribution in [0.1, 0.15) is 364 Å². The van der Waals surface area contributed by atoms with E-state index in [0.29, 0.717) is 25.7 Å². The molecule has 0 aliphatic carbocycles. The SMILES string of the molecule is CCC(C)CCCCCCCCCCCCC(=O)O[C@H](COC(=O)CCCCCCCCCCCCCCC(C)C)COP(=O)(O)OCC(O)COP(=O)(O)OC[C@@H](COC(=O)CCCCCCCCCCC(C)C)OC(=O)CCCCCCCCCCCC(C)C. The van der Waals surface area contributed by atoms with Crippen LogP contribution < -0.4 is 0 Å². The molecule has 17 nitrogen and oxygen atoms in total. The van der Waals surface area contributed by atoms with Crippen LogP contribution in [-0.4, -0.2) is 96.7 Å². The Labute approximate surface area is 562 Å². The maximum Gasteiger partial charge on any atom is 0.472 e. The summed E-state index contributed by atoms with van der Waals surface area (Å²) in [5, 5.41) is 10.6. The molecule has 0 saturated carbocycles. The van der Waals surface area contributed by atoms with Crippen LogP contribution in [-0.2, 0) is 65.4 Å². The summed E-state index contributed by atoms with van der Waals surface area (Å²) < 4.78 is 68.4. The lowest BCUT2D eigenvalue weighted by Gasteiger charge is -2.21. The van der Waals surface area contributed by atoms with Gasteiger partial charge in [-0.1, -0.05) is 312 Å². The minimum Gasteiger partial charge on any atom is -0.462 e. The van der Waals surface area contributed by atoms with Crippen LogP contribution in [0.3, 0.4) is 0 Å². The molecular formula is C73H142O17P2. The topological polar surface area (TPSA) is 237 Å². The van der Waals surface area contributed by atoms with Gasteiger partial charge in [-0.25, -0.2) is 9.13 Å². The number of esters is 4. The molecule has 0 heterocycles. The smallest absolute Gasteiger partial charge is 0.462 e. The number of phosphoric ester groups is 2. The molecule has 92 heavy (non-hydrogen) atoms. The van der Waals surface area contributed by atoms with Crippen LogP contribution in [0.4, 0.5) is 0 Å². The highest BCUT2D eigenvalue weighted by molar-refractivity contribution is 7.47. The number of ether oxygens (including phenoxy) is 4. The predicted molar refractivity (Wildman–Crippen MR) is 372 cm³/mol. The van der Waals surface area contributed by atoms with Crippen molar-refractivity contribution in [2.45, 2.75) is 382 Å². The molecule has 6 atom stereocenters. The number of hydrogen-bond donors (Lipinski definition) is 3. The summed E-state index contributed by atoms with van der Waals surface area (Å²) in [5.41, 5.74) is 0. The van der Waals surface area contributed by atoms with Crippen LogP contribution >= 0.6 is 15.6 Å². The van der Waals surface area contributed by atoms with E-state index < -0.39 is 97.5 Å². The molecule has 0 radical (unpaired) electrons. The van der Waals surface area contributed by atoms with Gasteiger partial charge in [-0.2, -0.15) is 0 Å². The summed E-state index contributed by atoms with van der Waals surface area (Å²) in [5.74, 6) is 0.922. The first kappa shape index (κ1) is 90.1. The van der Waals surface area contributed by atoms with E-state index in [-0.39, 0.29) is 25.7 Å². The van der Waals surface area contributed by atoms with Gasteiger partial charge in [0.05, 0.1) is 26.4 Å². The summed E-state index contributed by atoms with van der Waals surface area (Å²) in [6.45, 7) is 14.2. The van der Waals surface area contributed by atoms with Crippen LogP contribution in [0, 0.1) is 23.7 Å². The van der Waals surface area contributed by atoms with Crippen molar-refractivity contribution < 1.29 is 80.2 Å². The number of unbranched alkanes of at least 4 members (excludes halogenated alkanes) is 35. The Morgan fingerprint density at radius 1 is 0.304 bits per heavy atom. The van der Waals surface area contributed by atoms with Gasteiger partial charge in [-0.05, 0) is 49.4 Å². The summed E-state index contributed by atoms with van der Waals surface area (Å²) in [6.07, 6.45) is 45.7. The highest BCUT2D eigenvalue weighted by atomic mass is 31.2. The highest BCUT2D eigenvalue weighted by Crippen LogP contribution is 2.45. The van der Waals surface area contributed by atoms with Gasteiger partial charge in [0.2, 0.25) is 0 Å². The lowest BCUT2D eigenvalue weighted by molar-refractivity contribution is -0.161. The van der Waals surface area contributed by atoms with E-state index in [2.05, 4.69) is 55.4 Å². The maximum atomic E-state index is 13.1. The lowest BCUT2D eigenvalue weighted by atomic mass is 9.99. The molecule has 0 bridgehead atoms. The fraction of sp³-hybridized carbons (Fsp3) is 0.945. The predicted octanol–water partition coefficient (Wildman–Crippen LogP) is 20.9. The first-order valence-corrected chi connectivity index (χ1v) is 40.7. The normalized spacial score (nSPS) is 14.5. The zero-order valence-corrected chi connectivity index (χ0v) is 62.0. The molecule has 0 amide bonds. The molecule has 0 aromatic rings. The van der Waals surface area contributed by atoms with Crippen LogP contribution in [0.25, 0.3) is 0 Å². The second kappa shape index (κ2) is 62.6. The zero-order chi connectivity index (χ0) is 68.2. The molecule has 0 aliphatic rings. The number of aliphatic hydroxyl groups excluding tert-OH is 1. The molecule has 0 aliphatic heterocycles. The number of aliphatic hydroxyl groups is 1. The quantitative estimate of drug-likeness (QED) is 0.0222. The Morgan fingerprint density at radius 2 is 0.522 bits per heavy atom. The third-order valence-corrected chi connectivity index (χ3v) is 19.1. The first-order valence-electron chi connectivity index (χ1n) is 37.7. The van der Waals surface area contributed by atoms with Gasteiger partial charge in [0.1, 0.15) is 19.3 Å². The van der Waals surface area contributed by atoms with Gasteiger partial charge >= 0.3 is 39.5 Å². The van der Waals surface area contributed by atoms with Gasteiger partial charge in [-0.3, -0.25) is 37.3 Å². The zero-order valence-electron chi connectivity index (χ0n) is 60.2. The molecule has 0 aromatic carbocycles. The lowest BCUT2D eigenvalue weighted by Crippen LogP contribution is -2.30. The Morgan fingerprint density at radius 3 is 0.772 bits per heavy atom. The first-order chi connectivity index (χ1) is 44.1. The van der Waals surface area contributed by atoms with Crippen molar-refractivity contribution in [3.63, 3.8) is 0 Å². The van der Waals surface area contributed by atoms with Gasteiger partial charge < -0.3 is 33.8 Å². The molecule has 0 spiro atoms. The van der Waals surface area contributed by atoms with E-state index in [1.165, 1.54) is 167 Å². The molecule has 546 valence electrons. The number of hydrogen-bond acceptors (Lipinski definition) is 15. The largest absolute Gasteiger partial charge is 0.472 e. The summed E-state index contributed by atoms with van der Waals surface area (Å²) in [4.78, 5) is 72.7. The molecule has 3 N–H and O–H groups in total. The van der Waals surface area contributed by atoms with E-state index in [4.69, 9.17) is 37.0 Å². The van der Waals surface area contributed by atoms with Gasteiger partial charge in [-0.15, -0.1) is 0 Å². The van der Waals surface area contributed by atoms with E-state index in [9.17, 15) is 43.2 Å². The van der Waals surface area contributed by atoms with Crippen LogP contribution in [0.2, 0.25) is 0 Å². The fourth-order valence-electron chi connectivity index (χ4n) is 11.0. The summed E-state index contributed by atoms with van der Waals surface area (Å²) in [7, 11) is -9.91. The van der Waals surface area contributed by atoms with E-state index in [0.717, 1.165) is 114 Å². The van der Waals surface area contributed by atoms with Gasteiger partial charge in [0.25, 0.3) is 0 Å². The molecular weight excluding hydrogens is 1210 g/mol. The summed E-state index contributed by atoms with van der Waals surface area (Å²) in [6, 6.07) is 0.